The fourth-order valence-corrected chi connectivity index (χ4v) is 2.48. The predicted octanol–water partition coefficient (Wildman–Crippen LogP) is 0.722. The summed E-state index contributed by atoms with van der Waals surface area (Å²) in [5, 5.41) is 0. The van der Waals surface area contributed by atoms with Crippen LogP contribution in [0.1, 0.15) is 13.3 Å². The Hall–Kier alpha value is -1.44. The van der Waals surface area contributed by atoms with Crippen molar-refractivity contribution < 1.29 is 28.0 Å². The summed E-state index contributed by atoms with van der Waals surface area (Å²) in [5.41, 5.74) is 0. The van der Waals surface area contributed by atoms with E-state index in [1.807, 2.05) is 6.07 Å². The number of aldehydes is 1. The lowest BCUT2D eigenvalue weighted by molar-refractivity contribution is -0.114. The van der Waals surface area contributed by atoms with E-state index in [-0.39, 0.29) is 23.6 Å². The molecular formula is C12H18O6S. The van der Waals surface area contributed by atoms with Crippen LogP contribution in [0.3, 0.4) is 0 Å². The maximum absolute atomic E-state index is 10.9. The summed E-state index contributed by atoms with van der Waals surface area (Å²) in [6.07, 6.45) is 0.148. The average molecular weight is 290 g/mol. The van der Waals surface area contributed by atoms with Gasteiger partial charge in [-0.2, -0.15) is 8.42 Å². The van der Waals surface area contributed by atoms with Gasteiger partial charge in [0.15, 0.2) is 12.4 Å². The highest BCUT2D eigenvalue weighted by Crippen LogP contribution is 2.15. The lowest BCUT2D eigenvalue weighted by atomic mass is 10.1. The smallest absolute Gasteiger partial charge is 0.265 e. The van der Waals surface area contributed by atoms with E-state index >= 15 is 0 Å². The fourth-order valence-electron chi connectivity index (χ4n) is 1.63. The number of rotatable bonds is 7. The van der Waals surface area contributed by atoms with Crippen molar-refractivity contribution in [3.8, 4) is 5.75 Å². The third kappa shape index (κ3) is 7.55. The van der Waals surface area contributed by atoms with Gasteiger partial charge in [-0.05, 0) is 24.5 Å². The molecule has 0 heterocycles. The standard InChI is InChI=1S/C12H16O5S.H2O/c1-10(9-18(14,15)16)7-12(8-13)17-11-5-3-2-4-6-11;/h2-6,8,10,12H,7,9H2,1H3,(H,14,15,16);1H2. The Morgan fingerprint density at radius 2 is 1.89 bits per heavy atom. The molecule has 2 atom stereocenters. The molecule has 6 nitrogen and oxygen atoms in total. The van der Waals surface area contributed by atoms with Crippen LogP contribution in [0.25, 0.3) is 0 Å². The van der Waals surface area contributed by atoms with E-state index < -0.39 is 16.2 Å². The van der Waals surface area contributed by atoms with Gasteiger partial charge < -0.3 is 10.2 Å². The van der Waals surface area contributed by atoms with E-state index in [1.54, 1.807) is 31.2 Å². The molecule has 19 heavy (non-hydrogen) atoms. The molecular weight excluding hydrogens is 272 g/mol. The summed E-state index contributed by atoms with van der Waals surface area (Å²) in [7, 11) is -4.02. The molecule has 0 fully saturated rings. The fraction of sp³-hybridized carbons (Fsp3) is 0.417. The molecule has 0 radical (unpaired) electrons. The van der Waals surface area contributed by atoms with Gasteiger partial charge >= 0.3 is 0 Å². The zero-order chi connectivity index (χ0) is 13.6. The maximum Gasteiger partial charge on any atom is 0.265 e. The molecule has 0 aromatic heterocycles. The minimum Gasteiger partial charge on any atom is -0.483 e. The quantitative estimate of drug-likeness (QED) is 0.587. The van der Waals surface area contributed by atoms with Crippen molar-refractivity contribution in [3.05, 3.63) is 30.3 Å². The van der Waals surface area contributed by atoms with Gasteiger partial charge in [0.2, 0.25) is 0 Å². The summed E-state index contributed by atoms with van der Waals surface area (Å²) >= 11 is 0. The van der Waals surface area contributed by atoms with E-state index in [0.717, 1.165) is 0 Å². The summed E-state index contributed by atoms with van der Waals surface area (Å²) in [4.78, 5) is 10.9. The zero-order valence-corrected chi connectivity index (χ0v) is 11.3. The van der Waals surface area contributed by atoms with Crippen molar-refractivity contribution in [2.45, 2.75) is 19.4 Å². The molecule has 0 saturated carbocycles. The minimum absolute atomic E-state index is 0. The SMILES string of the molecule is CC(CC(C=O)Oc1ccccc1)CS(=O)(=O)O.O. The van der Waals surface area contributed by atoms with Gasteiger partial charge in [0.1, 0.15) is 5.75 Å². The Bertz CT molecular complexity index is 470. The molecule has 0 saturated heterocycles. The average Bonchev–Trinajstić information content (AvgIpc) is 2.27. The van der Waals surface area contributed by atoms with Gasteiger partial charge in [-0.25, -0.2) is 0 Å². The summed E-state index contributed by atoms with van der Waals surface area (Å²) in [6.45, 7) is 1.64. The number of benzene rings is 1. The van der Waals surface area contributed by atoms with Crippen LogP contribution in [-0.4, -0.2) is 36.6 Å². The molecule has 1 aromatic rings. The largest absolute Gasteiger partial charge is 0.483 e. The van der Waals surface area contributed by atoms with Crippen molar-refractivity contribution in [2.75, 3.05) is 5.75 Å². The third-order valence-corrected chi connectivity index (χ3v) is 3.30. The summed E-state index contributed by atoms with van der Waals surface area (Å²) in [6, 6.07) is 8.80. The van der Waals surface area contributed by atoms with Crippen molar-refractivity contribution >= 4 is 16.4 Å². The van der Waals surface area contributed by atoms with E-state index in [0.29, 0.717) is 12.0 Å². The molecule has 0 aliphatic rings. The molecule has 108 valence electrons. The Kier molecular flexibility index (Phi) is 7.28. The van der Waals surface area contributed by atoms with Crippen LogP contribution in [0.4, 0.5) is 0 Å². The number of ether oxygens (including phenoxy) is 1. The molecule has 2 unspecified atom stereocenters. The molecule has 0 spiro atoms. The molecule has 1 aromatic carbocycles. The van der Waals surface area contributed by atoms with E-state index in [4.69, 9.17) is 9.29 Å². The number of carbonyl (C=O) groups is 1. The van der Waals surface area contributed by atoms with Crippen molar-refractivity contribution in [1.82, 2.24) is 0 Å². The topological polar surface area (TPSA) is 112 Å². The van der Waals surface area contributed by atoms with Crippen LogP contribution in [0.15, 0.2) is 30.3 Å². The molecule has 0 amide bonds. The van der Waals surface area contributed by atoms with Crippen LogP contribution in [0, 0.1) is 5.92 Å². The van der Waals surface area contributed by atoms with Gasteiger partial charge in [-0.15, -0.1) is 0 Å². The number of hydrogen-bond donors (Lipinski definition) is 1. The van der Waals surface area contributed by atoms with Crippen LogP contribution in [-0.2, 0) is 14.9 Å². The number of hydrogen-bond acceptors (Lipinski definition) is 4. The lowest BCUT2D eigenvalue weighted by Gasteiger charge is -2.17. The first-order valence-corrected chi connectivity index (χ1v) is 7.14. The summed E-state index contributed by atoms with van der Waals surface area (Å²) in [5.74, 6) is -0.192. The third-order valence-electron chi connectivity index (χ3n) is 2.31. The molecule has 0 bridgehead atoms. The number of carbonyl (C=O) groups excluding carboxylic acids is 1. The molecule has 3 N–H and O–H groups in total. The van der Waals surface area contributed by atoms with Crippen LogP contribution in [0.5, 0.6) is 5.75 Å². The number of para-hydroxylation sites is 1. The highest BCUT2D eigenvalue weighted by Gasteiger charge is 2.18. The Morgan fingerprint density at radius 1 is 1.32 bits per heavy atom. The van der Waals surface area contributed by atoms with E-state index in [2.05, 4.69) is 0 Å². The Morgan fingerprint density at radius 3 is 2.37 bits per heavy atom. The lowest BCUT2D eigenvalue weighted by Crippen LogP contribution is -2.24. The van der Waals surface area contributed by atoms with Crippen LogP contribution >= 0.6 is 0 Å². The minimum atomic E-state index is -4.02. The molecule has 0 aliphatic carbocycles. The zero-order valence-electron chi connectivity index (χ0n) is 10.5. The molecule has 0 aliphatic heterocycles. The van der Waals surface area contributed by atoms with Crippen LogP contribution in [0.2, 0.25) is 0 Å². The van der Waals surface area contributed by atoms with Gasteiger partial charge in [0, 0.05) is 0 Å². The monoisotopic (exact) mass is 290 g/mol. The van der Waals surface area contributed by atoms with E-state index in [9.17, 15) is 13.2 Å². The predicted molar refractivity (Wildman–Crippen MR) is 70.7 cm³/mol. The normalized spacial score (nSPS) is 14.0. The van der Waals surface area contributed by atoms with Gasteiger partial charge in [-0.1, -0.05) is 25.1 Å². The highest BCUT2D eigenvalue weighted by molar-refractivity contribution is 7.85. The second-order valence-electron chi connectivity index (χ2n) is 4.19. The maximum atomic E-state index is 10.9. The van der Waals surface area contributed by atoms with Gasteiger partial charge in [-0.3, -0.25) is 9.35 Å². The Balaban J connectivity index is 0.00000324. The van der Waals surface area contributed by atoms with Crippen LogP contribution < -0.4 is 4.74 Å². The molecule has 7 heteroatoms. The van der Waals surface area contributed by atoms with Crippen molar-refractivity contribution in [1.29, 1.82) is 0 Å². The van der Waals surface area contributed by atoms with Gasteiger partial charge in [0.05, 0.1) is 5.75 Å². The highest BCUT2D eigenvalue weighted by atomic mass is 32.2. The Labute approximate surface area is 112 Å². The first-order chi connectivity index (χ1) is 8.40. The van der Waals surface area contributed by atoms with Crippen molar-refractivity contribution in [2.24, 2.45) is 5.92 Å². The van der Waals surface area contributed by atoms with Gasteiger partial charge in [0.25, 0.3) is 10.1 Å². The molecule has 1 rings (SSSR count). The second kappa shape index (κ2) is 7.88. The first kappa shape index (κ1) is 17.6. The first-order valence-electron chi connectivity index (χ1n) is 5.53. The van der Waals surface area contributed by atoms with E-state index in [1.165, 1.54) is 0 Å². The van der Waals surface area contributed by atoms with Crippen molar-refractivity contribution in [3.63, 3.8) is 0 Å². The second-order valence-corrected chi connectivity index (χ2v) is 5.69. The summed E-state index contributed by atoms with van der Waals surface area (Å²) < 4.78 is 35.5.